The maximum absolute atomic E-state index is 5.29. The summed E-state index contributed by atoms with van der Waals surface area (Å²) < 4.78 is 1.97. The van der Waals surface area contributed by atoms with E-state index in [4.69, 9.17) is 5.84 Å². The maximum Gasteiger partial charge on any atom is 0.209 e. The fourth-order valence-electron chi connectivity index (χ4n) is 2.40. The van der Waals surface area contributed by atoms with E-state index in [0.29, 0.717) is 11.9 Å². The Bertz CT molecular complexity index is 547. The minimum Gasteiger partial charge on any atom is -0.308 e. The number of nitrogen functional groups attached to an aromatic ring is 1. The van der Waals surface area contributed by atoms with Crippen LogP contribution in [0.3, 0.4) is 0 Å². The van der Waals surface area contributed by atoms with Crippen LogP contribution in [0.2, 0.25) is 0 Å². The van der Waals surface area contributed by atoms with Crippen molar-refractivity contribution >= 4 is 17.6 Å². The lowest BCUT2D eigenvalue weighted by molar-refractivity contribution is 0.423. The third-order valence-electron chi connectivity index (χ3n) is 3.47. The van der Waals surface area contributed by atoms with Crippen LogP contribution in [0.25, 0.3) is 0 Å². The normalized spacial score (nSPS) is 15.7. The lowest BCUT2D eigenvalue weighted by atomic mass is 10.3. The molecule has 106 valence electrons. The Hall–Kier alpha value is -1.67. The van der Waals surface area contributed by atoms with E-state index in [1.54, 1.807) is 11.8 Å². The average Bonchev–Trinajstić information content (AvgIpc) is 3.16. The minimum atomic E-state index is 0.467. The number of nitrogens with two attached hydrogens (primary N) is 1. The SMILES string of the molecule is NNc1ccc(CSc2nnnn2C2CCCC2)cn1. The third kappa shape index (κ3) is 2.91. The molecule has 3 N–H and O–H groups in total. The van der Waals surface area contributed by atoms with E-state index < -0.39 is 0 Å². The van der Waals surface area contributed by atoms with Crippen LogP contribution in [0.5, 0.6) is 0 Å². The summed E-state index contributed by atoms with van der Waals surface area (Å²) in [6.07, 6.45) is 6.71. The average molecular weight is 291 g/mol. The standard InChI is InChI=1S/C12H17N7S/c13-15-11-6-5-9(7-14-11)8-20-12-16-17-18-19(12)10-3-1-2-4-10/h5-7,10H,1-4,8,13H2,(H,14,15). The van der Waals surface area contributed by atoms with Crippen LogP contribution < -0.4 is 11.3 Å². The predicted octanol–water partition coefficient (Wildman–Crippen LogP) is 1.76. The Labute approximate surface area is 121 Å². The maximum atomic E-state index is 5.29. The number of tetrazole rings is 1. The Morgan fingerprint density at radius 3 is 2.90 bits per heavy atom. The van der Waals surface area contributed by atoms with Gasteiger partial charge in [-0.1, -0.05) is 30.7 Å². The first-order chi connectivity index (χ1) is 9.86. The zero-order valence-electron chi connectivity index (χ0n) is 11.1. The van der Waals surface area contributed by atoms with Gasteiger partial charge in [0.1, 0.15) is 5.82 Å². The molecule has 1 aliphatic rings. The first-order valence-electron chi connectivity index (χ1n) is 6.69. The second-order valence-corrected chi connectivity index (χ2v) is 5.77. The van der Waals surface area contributed by atoms with Crippen LogP contribution in [0.1, 0.15) is 37.3 Å². The molecule has 1 fully saturated rings. The topological polar surface area (TPSA) is 94.5 Å². The highest BCUT2D eigenvalue weighted by Crippen LogP contribution is 2.32. The molecule has 0 aromatic carbocycles. The highest BCUT2D eigenvalue weighted by Gasteiger charge is 2.21. The first-order valence-corrected chi connectivity index (χ1v) is 7.67. The minimum absolute atomic E-state index is 0.467. The second kappa shape index (κ2) is 6.19. The van der Waals surface area contributed by atoms with E-state index in [2.05, 4.69) is 25.9 Å². The number of hydrogen-bond acceptors (Lipinski definition) is 7. The third-order valence-corrected chi connectivity index (χ3v) is 4.48. The molecular formula is C12H17N7S. The number of thioether (sulfide) groups is 1. The Morgan fingerprint density at radius 2 is 2.20 bits per heavy atom. The van der Waals surface area contributed by atoms with E-state index in [0.717, 1.165) is 16.5 Å². The number of aromatic nitrogens is 5. The number of pyridine rings is 1. The van der Waals surface area contributed by atoms with Gasteiger partial charge in [-0.2, -0.15) is 0 Å². The molecule has 0 saturated heterocycles. The Balaban J connectivity index is 1.64. The zero-order valence-corrected chi connectivity index (χ0v) is 11.9. The molecular weight excluding hydrogens is 274 g/mol. The molecule has 1 aliphatic carbocycles. The highest BCUT2D eigenvalue weighted by atomic mass is 32.2. The van der Waals surface area contributed by atoms with Crippen molar-refractivity contribution in [3.8, 4) is 0 Å². The highest BCUT2D eigenvalue weighted by molar-refractivity contribution is 7.98. The number of rotatable bonds is 5. The smallest absolute Gasteiger partial charge is 0.209 e. The van der Waals surface area contributed by atoms with E-state index >= 15 is 0 Å². The molecule has 2 heterocycles. The summed E-state index contributed by atoms with van der Waals surface area (Å²) in [6, 6.07) is 4.32. The van der Waals surface area contributed by atoms with Crippen molar-refractivity contribution in [2.45, 2.75) is 42.6 Å². The van der Waals surface area contributed by atoms with Gasteiger partial charge in [0, 0.05) is 11.9 Å². The summed E-state index contributed by atoms with van der Waals surface area (Å²) >= 11 is 1.64. The zero-order chi connectivity index (χ0) is 13.8. The van der Waals surface area contributed by atoms with Crippen molar-refractivity contribution in [1.82, 2.24) is 25.2 Å². The number of nitrogens with one attached hydrogen (secondary N) is 1. The van der Waals surface area contributed by atoms with Gasteiger partial charge in [-0.25, -0.2) is 15.5 Å². The molecule has 8 heteroatoms. The molecule has 1 saturated carbocycles. The number of anilines is 1. The summed E-state index contributed by atoms with van der Waals surface area (Å²) in [5.41, 5.74) is 3.64. The molecule has 20 heavy (non-hydrogen) atoms. The molecule has 0 aliphatic heterocycles. The van der Waals surface area contributed by atoms with Crippen molar-refractivity contribution < 1.29 is 0 Å². The van der Waals surface area contributed by atoms with Gasteiger partial charge in [-0.15, -0.1) is 5.10 Å². The lowest BCUT2D eigenvalue weighted by Crippen LogP contribution is -2.08. The van der Waals surface area contributed by atoms with E-state index in [1.807, 2.05) is 23.0 Å². The molecule has 2 aromatic heterocycles. The molecule has 3 rings (SSSR count). The number of nitrogens with zero attached hydrogens (tertiary/aromatic N) is 5. The summed E-state index contributed by atoms with van der Waals surface area (Å²) in [4.78, 5) is 4.19. The van der Waals surface area contributed by atoms with Crippen molar-refractivity contribution in [3.05, 3.63) is 23.9 Å². The van der Waals surface area contributed by atoms with E-state index in [9.17, 15) is 0 Å². The second-order valence-electron chi connectivity index (χ2n) is 4.83. The molecule has 0 bridgehead atoms. The summed E-state index contributed by atoms with van der Waals surface area (Å²) in [7, 11) is 0. The van der Waals surface area contributed by atoms with Crippen molar-refractivity contribution in [1.29, 1.82) is 0 Å². The van der Waals surface area contributed by atoms with Crippen LogP contribution >= 0.6 is 11.8 Å². The number of hydrogen-bond donors (Lipinski definition) is 2. The quantitative estimate of drug-likeness (QED) is 0.492. The van der Waals surface area contributed by atoms with Crippen molar-refractivity contribution in [2.75, 3.05) is 5.43 Å². The van der Waals surface area contributed by atoms with Crippen LogP contribution in [0.15, 0.2) is 23.5 Å². The largest absolute Gasteiger partial charge is 0.308 e. The van der Waals surface area contributed by atoms with Gasteiger partial charge in [0.25, 0.3) is 0 Å². The number of hydrazine groups is 1. The fourth-order valence-corrected chi connectivity index (χ4v) is 3.28. The van der Waals surface area contributed by atoms with Crippen molar-refractivity contribution in [2.24, 2.45) is 5.84 Å². The fraction of sp³-hybridized carbons (Fsp3) is 0.500. The van der Waals surface area contributed by atoms with Crippen LogP contribution in [-0.2, 0) is 5.75 Å². The van der Waals surface area contributed by atoms with Crippen LogP contribution in [0.4, 0.5) is 5.82 Å². The van der Waals surface area contributed by atoms with Gasteiger partial charge in [0.2, 0.25) is 5.16 Å². The van der Waals surface area contributed by atoms with Gasteiger partial charge in [0.15, 0.2) is 0 Å². The molecule has 0 spiro atoms. The van der Waals surface area contributed by atoms with Crippen molar-refractivity contribution in [3.63, 3.8) is 0 Å². The molecule has 0 amide bonds. The summed E-state index contributed by atoms with van der Waals surface area (Å²) in [6.45, 7) is 0. The molecule has 2 aromatic rings. The van der Waals surface area contributed by atoms with E-state index in [1.165, 1.54) is 25.7 Å². The lowest BCUT2D eigenvalue weighted by Gasteiger charge is -2.10. The summed E-state index contributed by atoms with van der Waals surface area (Å²) in [5, 5.41) is 12.9. The van der Waals surface area contributed by atoms with Gasteiger partial charge >= 0.3 is 0 Å². The van der Waals surface area contributed by atoms with Crippen LogP contribution in [0, 0.1) is 0 Å². The molecule has 0 radical (unpaired) electrons. The molecule has 7 nitrogen and oxygen atoms in total. The molecule has 0 unspecified atom stereocenters. The predicted molar refractivity (Wildman–Crippen MR) is 76.9 cm³/mol. The van der Waals surface area contributed by atoms with Gasteiger partial charge < -0.3 is 5.43 Å². The monoisotopic (exact) mass is 291 g/mol. The van der Waals surface area contributed by atoms with Gasteiger partial charge in [-0.3, -0.25) is 0 Å². The Morgan fingerprint density at radius 1 is 1.35 bits per heavy atom. The van der Waals surface area contributed by atoms with Gasteiger partial charge in [-0.05, 0) is 34.9 Å². The van der Waals surface area contributed by atoms with Gasteiger partial charge in [0.05, 0.1) is 6.04 Å². The molecule has 0 atom stereocenters. The Kier molecular flexibility index (Phi) is 4.12. The van der Waals surface area contributed by atoms with Crippen LogP contribution in [-0.4, -0.2) is 25.2 Å². The van der Waals surface area contributed by atoms with E-state index in [-0.39, 0.29) is 0 Å². The summed E-state index contributed by atoms with van der Waals surface area (Å²) in [5.74, 6) is 6.75. The first kappa shape index (κ1) is 13.3.